The lowest BCUT2D eigenvalue weighted by Crippen LogP contribution is -2.15. The lowest BCUT2D eigenvalue weighted by atomic mass is 10.3. The first kappa shape index (κ1) is 13.6. The Hall–Kier alpha value is -1.79. The summed E-state index contributed by atoms with van der Waals surface area (Å²) in [6.07, 6.45) is 2.80. The van der Waals surface area contributed by atoms with Crippen LogP contribution in [0.2, 0.25) is 5.02 Å². The minimum absolute atomic E-state index is 0.0671. The van der Waals surface area contributed by atoms with Crippen LogP contribution in [0.3, 0.4) is 0 Å². The summed E-state index contributed by atoms with van der Waals surface area (Å²) in [7, 11) is -2.10. The number of benzene rings is 1. The molecule has 0 saturated carbocycles. The second-order valence-electron chi connectivity index (χ2n) is 3.71. The number of pyridine rings is 1. The highest BCUT2D eigenvalue weighted by atomic mass is 35.5. The Labute approximate surface area is 116 Å². The first-order chi connectivity index (χ1) is 9.04. The summed E-state index contributed by atoms with van der Waals surface area (Å²) in [5.41, 5.74) is 0.796. The summed E-state index contributed by atoms with van der Waals surface area (Å²) < 4.78 is 27.0. The van der Waals surface area contributed by atoms with Crippen LogP contribution in [0.15, 0.2) is 47.6 Å². The molecule has 1 aromatic heterocycles. The Morgan fingerprint density at radius 3 is 2.58 bits per heavy atom. The van der Waals surface area contributed by atoms with E-state index in [4.69, 9.17) is 11.6 Å². The predicted molar refractivity (Wildman–Crippen MR) is 76.0 cm³/mol. The highest BCUT2D eigenvalue weighted by molar-refractivity contribution is 7.92. The summed E-state index contributed by atoms with van der Waals surface area (Å²) in [5.74, 6) is 0. The van der Waals surface area contributed by atoms with Gasteiger partial charge >= 0.3 is 0 Å². The molecule has 0 unspecified atom stereocenters. The Kier molecular flexibility index (Phi) is 3.92. The third-order valence-corrected chi connectivity index (χ3v) is 4.18. The summed E-state index contributed by atoms with van der Waals surface area (Å²) in [6.45, 7) is 0. The molecule has 0 bridgehead atoms. The maximum Gasteiger partial charge on any atom is 0.265 e. The maximum absolute atomic E-state index is 12.3. The molecular formula is C12H12ClN3O2S. The van der Waals surface area contributed by atoms with Gasteiger partial charge in [0, 0.05) is 19.4 Å². The Balaban J connectivity index is 2.41. The summed E-state index contributed by atoms with van der Waals surface area (Å²) in [5, 5.41) is 3.14. The third-order valence-electron chi connectivity index (χ3n) is 2.46. The number of hydrogen-bond donors (Lipinski definition) is 2. The van der Waals surface area contributed by atoms with Gasteiger partial charge in [-0.15, -0.1) is 0 Å². The largest absolute Gasteiger partial charge is 0.387 e. The van der Waals surface area contributed by atoms with Crippen molar-refractivity contribution in [3.05, 3.63) is 47.7 Å². The Bertz CT molecular complexity index is 689. The van der Waals surface area contributed by atoms with E-state index in [-0.39, 0.29) is 4.90 Å². The van der Waals surface area contributed by atoms with Gasteiger partial charge in [-0.2, -0.15) is 0 Å². The van der Waals surface area contributed by atoms with Crippen LogP contribution in [-0.2, 0) is 10.0 Å². The molecule has 0 spiro atoms. The van der Waals surface area contributed by atoms with Gasteiger partial charge in [-0.05, 0) is 18.2 Å². The molecule has 0 atom stereocenters. The quantitative estimate of drug-likeness (QED) is 0.910. The predicted octanol–water partition coefficient (Wildman–Crippen LogP) is 2.58. The van der Waals surface area contributed by atoms with Crippen LogP contribution in [0.4, 0.5) is 11.4 Å². The molecule has 0 saturated heterocycles. The number of nitrogens with one attached hydrogen (secondary N) is 2. The van der Waals surface area contributed by atoms with E-state index in [1.165, 1.54) is 12.4 Å². The van der Waals surface area contributed by atoms with Gasteiger partial charge in [0.05, 0.1) is 16.4 Å². The smallest absolute Gasteiger partial charge is 0.265 e. The molecule has 7 heteroatoms. The van der Waals surface area contributed by atoms with Crippen molar-refractivity contribution in [1.29, 1.82) is 0 Å². The van der Waals surface area contributed by atoms with E-state index in [2.05, 4.69) is 15.0 Å². The van der Waals surface area contributed by atoms with Gasteiger partial charge in [-0.3, -0.25) is 9.71 Å². The molecular weight excluding hydrogens is 286 g/mol. The molecule has 100 valence electrons. The molecule has 1 aromatic carbocycles. The number of hydrogen-bond acceptors (Lipinski definition) is 4. The molecule has 5 nitrogen and oxygen atoms in total. The van der Waals surface area contributed by atoms with Crippen LogP contribution in [0.5, 0.6) is 0 Å². The monoisotopic (exact) mass is 297 g/mol. The second-order valence-corrected chi connectivity index (χ2v) is 5.77. The van der Waals surface area contributed by atoms with Crippen molar-refractivity contribution in [1.82, 2.24) is 4.98 Å². The third kappa shape index (κ3) is 2.97. The number of sulfonamides is 1. The summed E-state index contributed by atoms with van der Waals surface area (Å²) in [6, 6.07) is 8.22. The average molecular weight is 298 g/mol. The van der Waals surface area contributed by atoms with E-state index in [9.17, 15) is 8.42 Å². The molecule has 0 aliphatic rings. The molecule has 0 aliphatic carbocycles. The van der Waals surface area contributed by atoms with Gasteiger partial charge < -0.3 is 5.32 Å². The summed E-state index contributed by atoms with van der Waals surface area (Å²) in [4.78, 5) is 3.90. The standard InChI is InChI=1S/C12H12ClN3O2S/c1-14-11-6-7-15-8-12(11)19(17,18)16-10-5-3-2-4-9(10)13/h2-8,16H,1H3,(H,14,15). The lowest BCUT2D eigenvalue weighted by Gasteiger charge is -2.12. The van der Waals surface area contributed by atoms with Crippen molar-refractivity contribution in [3.8, 4) is 0 Å². The molecule has 2 N–H and O–H groups in total. The van der Waals surface area contributed by atoms with E-state index in [1.54, 1.807) is 37.4 Å². The zero-order valence-corrected chi connectivity index (χ0v) is 11.7. The number of nitrogens with zero attached hydrogens (tertiary/aromatic N) is 1. The highest BCUT2D eigenvalue weighted by Gasteiger charge is 2.19. The highest BCUT2D eigenvalue weighted by Crippen LogP contribution is 2.26. The van der Waals surface area contributed by atoms with Crippen molar-refractivity contribution in [2.75, 3.05) is 17.1 Å². The fraction of sp³-hybridized carbons (Fsp3) is 0.0833. The van der Waals surface area contributed by atoms with E-state index < -0.39 is 10.0 Å². The minimum Gasteiger partial charge on any atom is -0.387 e. The number of rotatable bonds is 4. The molecule has 0 aliphatic heterocycles. The van der Waals surface area contributed by atoms with Crippen LogP contribution in [0, 0.1) is 0 Å². The Morgan fingerprint density at radius 1 is 1.16 bits per heavy atom. The number of aromatic nitrogens is 1. The van der Waals surface area contributed by atoms with Crippen LogP contribution in [-0.4, -0.2) is 20.4 Å². The topological polar surface area (TPSA) is 71.1 Å². The van der Waals surface area contributed by atoms with Crippen LogP contribution in [0.25, 0.3) is 0 Å². The van der Waals surface area contributed by atoms with E-state index >= 15 is 0 Å². The molecule has 0 amide bonds. The normalized spacial score (nSPS) is 11.1. The van der Waals surface area contributed by atoms with Gasteiger partial charge in [0.25, 0.3) is 10.0 Å². The van der Waals surface area contributed by atoms with Crippen molar-refractivity contribution in [3.63, 3.8) is 0 Å². The fourth-order valence-electron chi connectivity index (χ4n) is 1.54. The van der Waals surface area contributed by atoms with E-state index in [0.717, 1.165) is 0 Å². The Morgan fingerprint density at radius 2 is 1.89 bits per heavy atom. The average Bonchev–Trinajstić information content (AvgIpc) is 2.41. The molecule has 2 aromatic rings. The molecule has 1 heterocycles. The molecule has 2 rings (SSSR count). The van der Waals surface area contributed by atoms with E-state index in [1.807, 2.05) is 0 Å². The number of halogens is 1. The van der Waals surface area contributed by atoms with Crippen LogP contribution < -0.4 is 10.0 Å². The first-order valence-electron chi connectivity index (χ1n) is 5.43. The summed E-state index contributed by atoms with van der Waals surface area (Å²) >= 11 is 5.93. The van der Waals surface area contributed by atoms with Crippen LogP contribution in [0.1, 0.15) is 0 Å². The number of para-hydroxylation sites is 1. The van der Waals surface area contributed by atoms with Crippen molar-refractivity contribution in [2.24, 2.45) is 0 Å². The minimum atomic E-state index is -3.74. The van der Waals surface area contributed by atoms with Crippen molar-refractivity contribution >= 4 is 33.0 Å². The molecule has 0 radical (unpaired) electrons. The zero-order chi connectivity index (χ0) is 13.9. The maximum atomic E-state index is 12.3. The second kappa shape index (κ2) is 5.46. The zero-order valence-electron chi connectivity index (χ0n) is 10.1. The molecule has 19 heavy (non-hydrogen) atoms. The van der Waals surface area contributed by atoms with Crippen molar-refractivity contribution < 1.29 is 8.42 Å². The first-order valence-corrected chi connectivity index (χ1v) is 7.30. The van der Waals surface area contributed by atoms with Gasteiger partial charge in [0.15, 0.2) is 0 Å². The van der Waals surface area contributed by atoms with Gasteiger partial charge in [0.2, 0.25) is 0 Å². The van der Waals surface area contributed by atoms with Gasteiger partial charge in [-0.25, -0.2) is 8.42 Å². The van der Waals surface area contributed by atoms with Gasteiger partial charge in [-0.1, -0.05) is 23.7 Å². The fourth-order valence-corrected chi connectivity index (χ4v) is 3.02. The molecule has 0 fully saturated rings. The SMILES string of the molecule is CNc1ccncc1S(=O)(=O)Nc1ccccc1Cl. The lowest BCUT2D eigenvalue weighted by molar-refractivity contribution is 0.601. The van der Waals surface area contributed by atoms with Crippen LogP contribution >= 0.6 is 11.6 Å². The van der Waals surface area contributed by atoms with E-state index in [0.29, 0.717) is 16.4 Å². The van der Waals surface area contributed by atoms with Crippen molar-refractivity contribution in [2.45, 2.75) is 4.90 Å². The van der Waals surface area contributed by atoms with Gasteiger partial charge in [0.1, 0.15) is 4.90 Å². The number of anilines is 2.